The summed E-state index contributed by atoms with van der Waals surface area (Å²) in [6.07, 6.45) is -1.30. The van der Waals surface area contributed by atoms with Gasteiger partial charge in [0.05, 0.1) is 0 Å². The maximum Gasteiger partial charge on any atom is 0.490 e. The summed E-state index contributed by atoms with van der Waals surface area (Å²) in [7, 11) is 0. The van der Waals surface area contributed by atoms with Crippen molar-refractivity contribution in [2.75, 3.05) is 6.54 Å². The molecule has 0 radical (unpaired) electrons. The van der Waals surface area contributed by atoms with Crippen LogP contribution in [0.3, 0.4) is 0 Å². The first kappa shape index (κ1) is 17.7. The topological polar surface area (TPSA) is 66.6 Å². The van der Waals surface area contributed by atoms with E-state index in [1.165, 1.54) is 36.9 Å². The van der Waals surface area contributed by atoms with Crippen LogP contribution < -0.4 is 5.73 Å². The van der Waals surface area contributed by atoms with Crippen molar-refractivity contribution in [1.29, 1.82) is 0 Å². The highest BCUT2D eigenvalue weighted by atomic mass is 19.4. The van der Waals surface area contributed by atoms with Gasteiger partial charge in [-0.05, 0) is 36.3 Å². The van der Waals surface area contributed by atoms with E-state index in [0.29, 0.717) is 6.04 Å². The molecule has 3 N–H and O–H groups in total. The van der Waals surface area contributed by atoms with Crippen molar-refractivity contribution in [3.05, 3.63) is 35.4 Å². The van der Waals surface area contributed by atoms with Crippen molar-refractivity contribution in [1.82, 2.24) is 4.90 Å². The third-order valence-electron chi connectivity index (χ3n) is 4.25. The lowest BCUT2D eigenvalue weighted by Crippen LogP contribution is -2.24. The summed E-state index contributed by atoms with van der Waals surface area (Å²) < 4.78 is 31.7. The molecule has 2 atom stereocenters. The van der Waals surface area contributed by atoms with Crippen LogP contribution in [0.1, 0.15) is 30.4 Å². The lowest BCUT2D eigenvalue weighted by Gasteiger charge is -2.19. The lowest BCUT2D eigenvalue weighted by atomic mass is 10.1. The summed E-state index contributed by atoms with van der Waals surface area (Å²) in [5.74, 6) is -1.92. The molecule has 3 rings (SSSR count). The number of carboxylic acids is 1. The zero-order valence-electron chi connectivity index (χ0n) is 12.7. The Bertz CT molecular complexity index is 523. The molecule has 23 heavy (non-hydrogen) atoms. The van der Waals surface area contributed by atoms with Crippen LogP contribution in [0.4, 0.5) is 13.2 Å². The molecule has 0 spiro atoms. The molecule has 0 aromatic heterocycles. The Morgan fingerprint density at radius 1 is 1.22 bits per heavy atom. The monoisotopic (exact) mass is 330 g/mol. The standard InChI is InChI=1S/C14H20N2.C2HF3O2/c15-14-6-5-11(7-14)8-16-9-12-3-1-2-4-13(12)10-16;3-2(4,5)1(6)7/h1-4,11,14H,5-10,15H2;(H,6,7)/t11-,14+;/m0./s1. The van der Waals surface area contributed by atoms with Crippen LogP contribution in [0, 0.1) is 5.92 Å². The van der Waals surface area contributed by atoms with Crippen LogP contribution in [-0.2, 0) is 17.9 Å². The van der Waals surface area contributed by atoms with Gasteiger partial charge in [-0.15, -0.1) is 0 Å². The van der Waals surface area contributed by atoms with Gasteiger partial charge in [0, 0.05) is 25.7 Å². The van der Waals surface area contributed by atoms with Crippen LogP contribution in [0.15, 0.2) is 24.3 Å². The van der Waals surface area contributed by atoms with Crippen molar-refractivity contribution in [3.8, 4) is 0 Å². The third-order valence-corrected chi connectivity index (χ3v) is 4.25. The van der Waals surface area contributed by atoms with Crippen LogP contribution in [0.5, 0.6) is 0 Å². The molecular weight excluding hydrogens is 309 g/mol. The number of benzene rings is 1. The minimum absolute atomic E-state index is 0.468. The lowest BCUT2D eigenvalue weighted by molar-refractivity contribution is -0.192. The van der Waals surface area contributed by atoms with Crippen molar-refractivity contribution in [2.24, 2.45) is 11.7 Å². The fourth-order valence-electron chi connectivity index (χ4n) is 3.18. The van der Waals surface area contributed by atoms with E-state index in [-0.39, 0.29) is 0 Å². The molecule has 4 nitrogen and oxygen atoms in total. The van der Waals surface area contributed by atoms with E-state index in [1.807, 2.05) is 0 Å². The van der Waals surface area contributed by atoms with Gasteiger partial charge in [-0.1, -0.05) is 24.3 Å². The fourth-order valence-corrected chi connectivity index (χ4v) is 3.18. The molecule has 1 aromatic rings. The predicted octanol–water partition coefficient (Wildman–Crippen LogP) is 2.76. The highest BCUT2D eigenvalue weighted by Gasteiger charge is 2.38. The van der Waals surface area contributed by atoms with Gasteiger partial charge in [0.25, 0.3) is 0 Å². The predicted molar refractivity (Wildman–Crippen MR) is 79.6 cm³/mol. The van der Waals surface area contributed by atoms with Gasteiger partial charge in [-0.2, -0.15) is 13.2 Å². The van der Waals surface area contributed by atoms with Crippen molar-refractivity contribution >= 4 is 5.97 Å². The molecule has 0 bridgehead atoms. The number of hydrogen-bond acceptors (Lipinski definition) is 3. The SMILES string of the molecule is N[C@@H]1CC[C@H](CN2Cc3ccccc3C2)C1.O=C(O)C(F)(F)F. The Kier molecular flexibility index (Phi) is 5.64. The number of hydrogen-bond donors (Lipinski definition) is 2. The van der Waals surface area contributed by atoms with Gasteiger partial charge in [0.15, 0.2) is 0 Å². The molecular formula is C16H21F3N2O2. The summed E-state index contributed by atoms with van der Waals surface area (Å²) >= 11 is 0. The van der Waals surface area contributed by atoms with Crippen molar-refractivity contribution < 1.29 is 23.1 Å². The second-order valence-corrected chi connectivity index (χ2v) is 6.18. The highest BCUT2D eigenvalue weighted by Crippen LogP contribution is 2.29. The fraction of sp³-hybridized carbons (Fsp3) is 0.562. The molecule has 1 heterocycles. The first-order valence-corrected chi connectivity index (χ1v) is 7.60. The minimum atomic E-state index is -5.08. The highest BCUT2D eigenvalue weighted by molar-refractivity contribution is 5.73. The first-order chi connectivity index (χ1) is 10.8. The largest absolute Gasteiger partial charge is 0.490 e. The van der Waals surface area contributed by atoms with Gasteiger partial charge in [-0.3, -0.25) is 4.90 Å². The third kappa shape index (κ3) is 5.21. The maximum atomic E-state index is 10.6. The number of carbonyl (C=O) groups is 1. The molecule has 1 aliphatic heterocycles. The molecule has 1 fully saturated rings. The zero-order valence-corrected chi connectivity index (χ0v) is 12.7. The summed E-state index contributed by atoms with van der Waals surface area (Å²) in [5.41, 5.74) is 9.00. The number of nitrogens with two attached hydrogens (primary N) is 1. The number of rotatable bonds is 2. The Morgan fingerprint density at radius 3 is 2.13 bits per heavy atom. The second-order valence-electron chi connectivity index (χ2n) is 6.18. The zero-order chi connectivity index (χ0) is 17.0. The van der Waals surface area contributed by atoms with E-state index in [4.69, 9.17) is 15.6 Å². The number of alkyl halides is 3. The molecule has 2 aliphatic rings. The number of halogens is 3. The quantitative estimate of drug-likeness (QED) is 0.875. The summed E-state index contributed by atoms with van der Waals surface area (Å²) in [4.78, 5) is 11.5. The van der Waals surface area contributed by atoms with E-state index in [9.17, 15) is 13.2 Å². The van der Waals surface area contributed by atoms with Crippen LogP contribution in [0.2, 0.25) is 0 Å². The van der Waals surface area contributed by atoms with Crippen LogP contribution in [0.25, 0.3) is 0 Å². The Labute approximate surface area is 133 Å². The van der Waals surface area contributed by atoms with Gasteiger partial charge < -0.3 is 10.8 Å². The summed E-state index contributed by atoms with van der Waals surface area (Å²) in [6, 6.07) is 9.28. The normalized spacial score (nSPS) is 24.0. The molecule has 1 saturated carbocycles. The summed E-state index contributed by atoms with van der Waals surface area (Å²) in [5, 5.41) is 7.12. The van der Waals surface area contributed by atoms with E-state index in [1.54, 1.807) is 0 Å². The van der Waals surface area contributed by atoms with Crippen LogP contribution in [-0.4, -0.2) is 34.7 Å². The van der Waals surface area contributed by atoms with E-state index >= 15 is 0 Å². The number of aliphatic carboxylic acids is 1. The second kappa shape index (κ2) is 7.31. The maximum absolute atomic E-state index is 10.6. The van der Waals surface area contributed by atoms with E-state index in [2.05, 4.69) is 29.2 Å². The minimum Gasteiger partial charge on any atom is -0.475 e. The molecule has 128 valence electrons. The Hall–Kier alpha value is -1.60. The Morgan fingerprint density at radius 2 is 1.74 bits per heavy atom. The average molecular weight is 330 g/mol. The molecule has 7 heteroatoms. The van der Waals surface area contributed by atoms with Gasteiger partial charge in [0.1, 0.15) is 0 Å². The molecule has 0 amide bonds. The van der Waals surface area contributed by atoms with Gasteiger partial charge >= 0.3 is 12.1 Å². The number of fused-ring (bicyclic) bond motifs is 1. The van der Waals surface area contributed by atoms with Gasteiger partial charge in [-0.25, -0.2) is 4.79 Å². The van der Waals surface area contributed by atoms with E-state index < -0.39 is 12.1 Å². The molecule has 1 aliphatic carbocycles. The average Bonchev–Trinajstić information content (AvgIpc) is 3.04. The molecule has 1 aromatic carbocycles. The summed E-state index contributed by atoms with van der Waals surface area (Å²) in [6.45, 7) is 3.52. The molecule has 0 unspecified atom stereocenters. The first-order valence-electron chi connectivity index (χ1n) is 7.60. The van der Waals surface area contributed by atoms with Crippen LogP contribution >= 0.6 is 0 Å². The number of nitrogens with zero attached hydrogens (tertiary/aromatic N) is 1. The smallest absolute Gasteiger partial charge is 0.475 e. The van der Waals surface area contributed by atoms with E-state index in [0.717, 1.165) is 19.0 Å². The number of carboxylic acid groups (broad SMARTS) is 1. The molecule has 0 saturated heterocycles. The van der Waals surface area contributed by atoms with Gasteiger partial charge in [0.2, 0.25) is 0 Å². The van der Waals surface area contributed by atoms with Crippen molar-refractivity contribution in [3.63, 3.8) is 0 Å². The Balaban J connectivity index is 0.000000236. The van der Waals surface area contributed by atoms with Crippen molar-refractivity contribution in [2.45, 2.75) is 44.6 Å².